The molecule has 0 atom stereocenters. The first-order chi connectivity index (χ1) is 8.93. The van der Waals surface area contributed by atoms with E-state index in [0.29, 0.717) is 0 Å². The second kappa shape index (κ2) is 4.76. The second-order valence-corrected chi connectivity index (χ2v) is 5.01. The highest BCUT2D eigenvalue weighted by atomic mass is 16.4. The molecule has 0 saturated carbocycles. The van der Waals surface area contributed by atoms with Gasteiger partial charge in [-0.05, 0) is 17.2 Å². The molecule has 0 fully saturated rings. The molecule has 2 aromatic carbocycles. The van der Waals surface area contributed by atoms with Crippen molar-refractivity contribution in [2.24, 2.45) is 0 Å². The van der Waals surface area contributed by atoms with E-state index in [1.165, 1.54) is 12.1 Å². The molecule has 0 aromatic heterocycles. The lowest BCUT2D eigenvalue weighted by Gasteiger charge is -2.27. The summed E-state index contributed by atoms with van der Waals surface area (Å²) in [7, 11) is 0. The van der Waals surface area contributed by atoms with E-state index in [-0.39, 0.29) is 11.0 Å². The Morgan fingerprint density at radius 1 is 1.05 bits per heavy atom. The van der Waals surface area contributed by atoms with Gasteiger partial charge in [0.15, 0.2) is 0 Å². The highest BCUT2D eigenvalue weighted by Crippen LogP contribution is 2.33. The monoisotopic (exact) mass is 255 g/mol. The van der Waals surface area contributed by atoms with Crippen LogP contribution in [0.4, 0.5) is 0 Å². The maximum absolute atomic E-state index is 11.5. The van der Waals surface area contributed by atoms with E-state index in [0.717, 1.165) is 11.1 Å². The highest BCUT2D eigenvalue weighted by molar-refractivity contribution is 5.90. The normalized spacial score (nSPS) is 11.3. The Morgan fingerprint density at radius 3 is 2.26 bits per heavy atom. The van der Waals surface area contributed by atoms with Crippen LogP contribution < -0.4 is 5.11 Å². The van der Waals surface area contributed by atoms with E-state index in [9.17, 15) is 9.90 Å². The van der Waals surface area contributed by atoms with Gasteiger partial charge in [-0.15, -0.1) is 0 Å². The molecule has 0 aliphatic heterocycles. The van der Waals surface area contributed by atoms with Crippen LogP contribution in [0.25, 0.3) is 0 Å². The summed E-state index contributed by atoms with van der Waals surface area (Å²) in [5.41, 5.74) is 1.36. The zero-order valence-corrected chi connectivity index (χ0v) is 10.9. The minimum absolute atomic E-state index is 0.179. The van der Waals surface area contributed by atoms with Crippen LogP contribution in [0.1, 0.15) is 35.3 Å². The first-order valence-electron chi connectivity index (χ1n) is 6.03. The van der Waals surface area contributed by atoms with Gasteiger partial charge >= 0.3 is 5.97 Å². The standard InChI is InChI=1S/C16H16O3/c1-16(2,11-6-4-3-5-7-11)12-8-9-14(17)13(10-12)15(18)19/h3-10,17H,1-2H3,(H,18,19)/p-1. The Labute approximate surface area is 112 Å². The maximum atomic E-state index is 11.5. The van der Waals surface area contributed by atoms with Gasteiger partial charge in [0.1, 0.15) is 0 Å². The Morgan fingerprint density at radius 2 is 1.68 bits per heavy atom. The Hall–Kier alpha value is -2.29. The van der Waals surface area contributed by atoms with Crippen molar-refractivity contribution in [1.82, 2.24) is 0 Å². The van der Waals surface area contributed by atoms with Gasteiger partial charge in [0.25, 0.3) is 0 Å². The summed E-state index contributed by atoms with van der Waals surface area (Å²) in [5, 5.41) is 20.5. The quantitative estimate of drug-likeness (QED) is 0.917. The molecule has 0 spiro atoms. The third-order valence-corrected chi connectivity index (χ3v) is 3.43. The maximum Gasteiger partial charge on any atom is 0.335 e. The van der Waals surface area contributed by atoms with E-state index in [4.69, 9.17) is 5.11 Å². The molecule has 0 saturated heterocycles. The average Bonchev–Trinajstić information content (AvgIpc) is 2.39. The molecule has 2 aromatic rings. The van der Waals surface area contributed by atoms with E-state index in [1.807, 2.05) is 44.2 Å². The average molecular weight is 255 g/mol. The summed E-state index contributed by atoms with van der Waals surface area (Å²) in [4.78, 5) is 11.0. The molecule has 0 amide bonds. The molecular weight excluding hydrogens is 240 g/mol. The van der Waals surface area contributed by atoms with Gasteiger partial charge in [0, 0.05) is 5.41 Å². The molecule has 2 rings (SSSR count). The number of carboxylic acids is 1. The lowest BCUT2D eigenvalue weighted by molar-refractivity contribution is -0.268. The number of hydrogen-bond donors (Lipinski definition) is 1. The summed E-state index contributed by atoms with van der Waals surface area (Å²) in [5.74, 6) is -1.64. The van der Waals surface area contributed by atoms with Crippen molar-refractivity contribution in [3.8, 4) is 5.75 Å². The minimum atomic E-state index is -1.18. The molecule has 0 unspecified atom stereocenters. The molecular formula is C16H15O3-. The number of hydrogen-bond acceptors (Lipinski definition) is 2. The van der Waals surface area contributed by atoms with Crippen LogP contribution in [-0.2, 0) is 5.41 Å². The lowest BCUT2D eigenvalue weighted by Crippen LogP contribution is -2.20. The fraction of sp³-hybridized carbons (Fsp3) is 0.188. The summed E-state index contributed by atoms with van der Waals surface area (Å²) in [6.07, 6.45) is 0. The largest absolute Gasteiger partial charge is 0.872 e. The second-order valence-electron chi connectivity index (χ2n) is 5.01. The van der Waals surface area contributed by atoms with E-state index < -0.39 is 11.7 Å². The van der Waals surface area contributed by atoms with Gasteiger partial charge in [0.2, 0.25) is 0 Å². The zero-order valence-electron chi connectivity index (χ0n) is 10.9. The van der Waals surface area contributed by atoms with Crippen LogP contribution in [0.15, 0.2) is 48.5 Å². The molecule has 3 nitrogen and oxygen atoms in total. The Balaban J connectivity index is 2.53. The molecule has 1 N–H and O–H groups in total. The smallest absolute Gasteiger partial charge is 0.335 e. The molecule has 0 radical (unpaired) electrons. The van der Waals surface area contributed by atoms with Crippen LogP contribution in [0, 0.1) is 0 Å². The van der Waals surface area contributed by atoms with Crippen molar-refractivity contribution in [3.63, 3.8) is 0 Å². The van der Waals surface area contributed by atoms with E-state index >= 15 is 0 Å². The fourth-order valence-electron chi connectivity index (χ4n) is 2.11. The Kier molecular flexibility index (Phi) is 3.30. The van der Waals surface area contributed by atoms with E-state index in [1.54, 1.807) is 6.07 Å². The topological polar surface area (TPSA) is 60.4 Å². The zero-order chi connectivity index (χ0) is 14.0. The molecule has 0 bridgehead atoms. The van der Waals surface area contributed by atoms with Crippen molar-refractivity contribution in [2.75, 3.05) is 0 Å². The van der Waals surface area contributed by atoms with Crippen LogP contribution >= 0.6 is 0 Å². The predicted octanol–water partition coefficient (Wildman–Crippen LogP) is 2.78. The van der Waals surface area contributed by atoms with Gasteiger partial charge < -0.3 is 10.2 Å². The predicted molar refractivity (Wildman–Crippen MR) is 71.4 cm³/mol. The van der Waals surface area contributed by atoms with Crippen molar-refractivity contribution in [2.45, 2.75) is 19.3 Å². The summed E-state index contributed by atoms with van der Waals surface area (Å²) in [6.45, 7) is 4.02. The van der Waals surface area contributed by atoms with Crippen LogP contribution in [-0.4, -0.2) is 11.1 Å². The molecule has 19 heavy (non-hydrogen) atoms. The SMILES string of the molecule is CC(C)(c1ccccc1)c1ccc([O-])c(C(=O)O)c1. The summed E-state index contributed by atoms with van der Waals surface area (Å²) >= 11 is 0. The number of carbonyl (C=O) groups is 1. The molecule has 0 heterocycles. The third-order valence-electron chi connectivity index (χ3n) is 3.43. The first kappa shape index (κ1) is 13.1. The van der Waals surface area contributed by atoms with E-state index in [2.05, 4.69) is 0 Å². The number of carboxylic acid groups (broad SMARTS) is 1. The van der Waals surface area contributed by atoms with Crippen LogP contribution in [0.5, 0.6) is 5.75 Å². The summed E-state index contributed by atoms with van der Waals surface area (Å²) in [6, 6.07) is 14.3. The number of benzene rings is 2. The molecule has 0 aliphatic carbocycles. The van der Waals surface area contributed by atoms with Gasteiger partial charge in [-0.2, -0.15) is 0 Å². The van der Waals surface area contributed by atoms with Crippen molar-refractivity contribution < 1.29 is 15.0 Å². The van der Waals surface area contributed by atoms with Crippen molar-refractivity contribution >= 4 is 5.97 Å². The number of aromatic carboxylic acids is 1. The van der Waals surface area contributed by atoms with Gasteiger partial charge in [-0.25, -0.2) is 4.79 Å². The van der Waals surface area contributed by atoms with Crippen LogP contribution in [0.3, 0.4) is 0 Å². The van der Waals surface area contributed by atoms with Gasteiger partial charge in [-0.3, -0.25) is 0 Å². The summed E-state index contributed by atoms with van der Waals surface area (Å²) < 4.78 is 0. The van der Waals surface area contributed by atoms with Crippen molar-refractivity contribution in [1.29, 1.82) is 0 Å². The molecule has 3 heteroatoms. The fourth-order valence-corrected chi connectivity index (χ4v) is 2.11. The lowest BCUT2D eigenvalue weighted by atomic mass is 9.77. The molecule has 98 valence electrons. The Bertz CT molecular complexity index is 601. The first-order valence-corrected chi connectivity index (χ1v) is 6.03. The molecule has 0 aliphatic rings. The third kappa shape index (κ3) is 2.45. The minimum Gasteiger partial charge on any atom is -0.872 e. The van der Waals surface area contributed by atoms with Gasteiger partial charge in [0.05, 0.1) is 5.56 Å². The van der Waals surface area contributed by atoms with Crippen molar-refractivity contribution in [3.05, 3.63) is 65.2 Å². The van der Waals surface area contributed by atoms with Crippen LogP contribution in [0.2, 0.25) is 0 Å². The highest BCUT2D eigenvalue weighted by Gasteiger charge is 2.23. The van der Waals surface area contributed by atoms with Gasteiger partial charge in [-0.1, -0.05) is 62.1 Å². The number of rotatable bonds is 3.